The zero-order valence-corrected chi connectivity index (χ0v) is 16.1. The molecule has 4 nitrogen and oxygen atoms in total. The van der Waals surface area contributed by atoms with Gasteiger partial charge in [-0.1, -0.05) is 49.0 Å². The van der Waals surface area contributed by atoms with Crippen molar-refractivity contribution in [2.45, 2.75) is 40.5 Å². The summed E-state index contributed by atoms with van der Waals surface area (Å²) >= 11 is 3.35. The molecule has 0 aromatic heterocycles. The summed E-state index contributed by atoms with van der Waals surface area (Å²) in [6, 6.07) is 7.56. The molecule has 0 aliphatic carbocycles. The first-order chi connectivity index (χ1) is 10.7. The van der Waals surface area contributed by atoms with Crippen LogP contribution in [-0.4, -0.2) is 24.0 Å². The SMILES string of the molecule is C#CC(CC)C(=O)N(C)c1ccc(Br)cc1.CC(=O)O.CCC. The number of nitrogens with zero attached hydrogens (tertiary/aromatic N) is 1. The summed E-state index contributed by atoms with van der Waals surface area (Å²) < 4.78 is 0.987. The van der Waals surface area contributed by atoms with Crippen molar-refractivity contribution < 1.29 is 14.7 Å². The van der Waals surface area contributed by atoms with E-state index in [1.54, 1.807) is 11.9 Å². The third-order valence-electron chi connectivity index (χ3n) is 2.45. The minimum atomic E-state index is -0.833. The number of rotatable bonds is 3. The molecule has 1 N–H and O–H groups in total. The number of carboxylic acids is 1. The normalized spacial score (nSPS) is 9.96. The number of carbonyl (C=O) groups is 2. The van der Waals surface area contributed by atoms with E-state index in [1.807, 2.05) is 31.2 Å². The van der Waals surface area contributed by atoms with E-state index in [-0.39, 0.29) is 11.8 Å². The van der Waals surface area contributed by atoms with Gasteiger partial charge in [-0.3, -0.25) is 9.59 Å². The molecular weight excluding hydrogens is 358 g/mol. The zero-order chi connectivity index (χ0) is 18.4. The van der Waals surface area contributed by atoms with E-state index in [2.05, 4.69) is 35.7 Å². The first-order valence-corrected chi connectivity index (χ1v) is 8.23. The van der Waals surface area contributed by atoms with Crippen LogP contribution in [-0.2, 0) is 9.59 Å². The van der Waals surface area contributed by atoms with Gasteiger partial charge in [-0.05, 0) is 30.7 Å². The lowest BCUT2D eigenvalue weighted by atomic mass is 10.1. The molecule has 1 aromatic rings. The van der Waals surface area contributed by atoms with Gasteiger partial charge in [0, 0.05) is 24.1 Å². The monoisotopic (exact) mass is 383 g/mol. The van der Waals surface area contributed by atoms with Gasteiger partial charge < -0.3 is 10.0 Å². The van der Waals surface area contributed by atoms with Crippen molar-refractivity contribution in [1.82, 2.24) is 0 Å². The maximum absolute atomic E-state index is 12.0. The summed E-state index contributed by atoms with van der Waals surface area (Å²) in [5.41, 5.74) is 0.849. The van der Waals surface area contributed by atoms with Crippen molar-refractivity contribution in [2.24, 2.45) is 5.92 Å². The Bertz CT molecular complexity index is 502. The second kappa shape index (κ2) is 13.8. The van der Waals surface area contributed by atoms with Gasteiger partial charge in [0.2, 0.25) is 5.91 Å². The van der Waals surface area contributed by atoms with E-state index in [0.29, 0.717) is 6.42 Å². The Morgan fingerprint density at radius 3 is 1.96 bits per heavy atom. The number of amides is 1. The molecule has 0 heterocycles. The molecule has 0 bridgehead atoms. The summed E-state index contributed by atoms with van der Waals surface area (Å²) in [6.45, 7) is 7.25. The Labute approximate surface area is 148 Å². The van der Waals surface area contributed by atoms with Crippen LogP contribution in [0.25, 0.3) is 0 Å². The van der Waals surface area contributed by atoms with Crippen molar-refractivity contribution in [3.63, 3.8) is 0 Å². The van der Waals surface area contributed by atoms with E-state index in [4.69, 9.17) is 16.3 Å². The Balaban J connectivity index is 0. The van der Waals surface area contributed by atoms with Crippen LogP contribution in [0.4, 0.5) is 5.69 Å². The molecule has 128 valence electrons. The highest BCUT2D eigenvalue weighted by Gasteiger charge is 2.18. The van der Waals surface area contributed by atoms with Gasteiger partial charge in [0.05, 0.1) is 5.92 Å². The van der Waals surface area contributed by atoms with Crippen molar-refractivity contribution in [3.8, 4) is 12.3 Å². The summed E-state index contributed by atoms with van der Waals surface area (Å²) in [5.74, 6) is 1.31. The predicted octanol–water partition coefficient (Wildman–Crippen LogP) is 4.58. The van der Waals surface area contributed by atoms with Crippen molar-refractivity contribution in [2.75, 3.05) is 11.9 Å². The van der Waals surface area contributed by atoms with Crippen molar-refractivity contribution in [1.29, 1.82) is 0 Å². The molecule has 0 saturated carbocycles. The van der Waals surface area contributed by atoms with Crippen LogP contribution in [0.5, 0.6) is 0 Å². The summed E-state index contributed by atoms with van der Waals surface area (Å²) in [5, 5.41) is 7.42. The third-order valence-corrected chi connectivity index (χ3v) is 2.98. The second-order valence-electron chi connectivity index (χ2n) is 4.73. The molecule has 0 saturated heterocycles. The van der Waals surface area contributed by atoms with Gasteiger partial charge in [-0.2, -0.15) is 0 Å². The lowest BCUT2D eigenvalue weighted by molar-refractivity contribution is -0.134. The number of hydrogen-bond donors (Lipinski definition) is 1. The summed E-state index contributed by atoms with van der Waals surface area (Å²) in [4.78, 5) is 22.6. The molecule has 5 heteroatoms. The summed E-state index contributed by atoms with van der Waals surface area (Å²) in [7, 11) is 1.74. The number of terminal acetylenes is 1. The highest BCUT2D eigenvalue weighted by atomic mass is 79.9. The van der Waals surface area contributed by atoms with Crippen LogP contribution in [0.3, 0.4) is 0 Å². The molecule has 1 rings (SSSR count). The van der Waals surface area contributed by atoms with E-state index in [1.165, 1.54) is 6.42 Å². The number of carboxylic acid groups (broad SMARTS) is 1. The van der Waals surface area contributed by atoms with Crippen LogP contribution in [0.2, 0.25) is 0 Å². The zero-order valence-electron chi connectivity index (χ0n) is 14.5. The highest BCUT2D eigenvalue weighted by molar-refractivity contribution is 9.10. The van der Waals surface area contributed by atoms with Crippen LogP contribution in [0.1, 0.15) is 40.5 Å². The van der Waals surface area contributed by atoms with E-state index in [0.717, 1.165) is 17.1 Å². The molecule has 0 radical (unpaired) electrons. The molecule has 0 fully saturated rings. The quantitative estimate of drug-likeness (QED) is 0.777. The Morgan fingerprint density at radius 2 is 1.65 bits per heavy atom. The fourth-order valence-corrected chi connectivity index (χ4v) is 1.65. The van der Waals surface area contributed by atoms with Gasteiger partial charge in [-0.15, -0.1) is 6.42 Å². The predicted molar refractivity (Wildman–Crippen MR) is 99.4 cm³/mol. The van der Waals surface area contributed by atoms with Gasteiger partial charge in [0.15, 0.2) is 0 Å². The second-order valence-corrected chi connectivity index (χ2v) is 5.64. The van der Waals surface area contributed by atoms with Gasteiger partial charge in [0.25, 0.3) is 5.97 Å². The summed E-state index contributed by atoms with van der Waals surface area (Å²) in [6.07, 6.45) is 7.23. The average molecular weight is 384 g/mol. The van der Waals surface area contributed by atoms with Crippen molar-refractivity contribution >= 4 is 33.5 Å². The molecule has 1 amide bonds. The number of anilines is 1. The molecule has 23 heavy (non-hydrogen) atoms. The molecule has 1 aromatic carbocycles. The number of halogens is 1. The topological polar surface area (TPSA) is 57.6 Å². The molecular formula is C18H26BrNO3. The number of hydrogen-bond acceptors (Lipinski definition) is 2. The largest absolute Gasteiger partial charge is 0.481 e. The highest BCUT2D eigenvalue weighted by Crippen LogP contribution is 2.19. The fourth-order valence-electron chi connectivity index (χ4n) is 1.39. The van der Waals surface area contributed by atoms with E-state index < -0.39 is 5.97 Å². The molecule has 1 unspecified atom stereocenters. The van der Waals surface area contributed by atoms with Gasteiger partial charge in [0.1, 0.15) is 0 Å². The fraction of sp³-hybridized carbons (Fsp3) is 0.444. The molecule has 0 aliphatic rings. The number of carbonyl (C=O) groups excluding carboxylic acids is 1. The first kappa shape index (κ1) is 23.5. The molecule has 1 atom stereocenters. The van der Waals surface area contributed by atoms with E-state index >= 15 is 0 Å². The molecule has 0 aliphatic heterocycles. The Morgan fingerprint density at radius 1 is 1.26 bits per heavy atom. The number of benzene rings is 1. The minimum Gasteiger partial charge on any atom is -0.481 e. The maximum Gasteiger partial charge on any atom is 0.300 e. The van der Waals surface area contributed by atoms with Crippen molar-refractivity contribution in [3.05, 3.63) is 28.7 Å². The Hall–Kier alpha value is -1.80. The van der Waals surface area contributed by atoms with E-state index in [9.17, 15) is 4.79 Å². The smallest absolute Gasteiger partial charge is 0.300 e. The van der Waals surface area contributed by atoms with Crippen LogP contribution >= 0.6 is 15.9 Å². The van der Waals surface area contributed by atoms with Crippen LogP contribution in [0, 0.1) is 18.3 Å². The average Bonchev–Trinajstić information content (AvgIpc) is 2.48. The van der Waals surface area contributed by atoms with Gasteiger partial charge >= 0.3 is 0 Å². The maximum atomic E-state index is 12.0. The Kier molecular flexibility index (Phi) is 14.1. The minimum absolute atomic E-state index is 0.0349. The number of aliphatic carboxylic acids is 1. The van der Waals surface area contributed by atoms with Crippen LogP contribution in [0.15, 0.2) is 28.7 Å². The lowest BCUT2D eigenvalue weighted by Gasteiger charge is -2.20. The standard InChI is InChI=1S/C13H14BrNO.C3H8.C2H4O2/c1-4-10(5-2)13(16)15(3)12-8-6-11(14)7-9-12;1-3-2;1-2(3)4/h1,6-10H,5H2,2-3H3;3H2,1-2H3;1H3,(H,3,4). The van der Waals surface area contributed by atoms with Crippen LogP contribution < -0.4 is 4.90 Å². The third kappa shape index (κ3) is 11.4. The lowest BCUT2D eigenvalue weighted by Crippen LogP contribution is -2.31. The molecule has 0 spiro atoms. The first-order valence-electron chi connectivity index (χ1n) is 7.43. The van der Waals surface area contributed by atoms with Gasteiger partial charge in [-0.25, -0.2) is 0 Å².